The van der Waals surface area contributed by atoms with Gasteiger partial charge in [-0.3, -0.25) is 4.79 Å². The molecule has 4 aromatic rings. The topological polar surface area (TPSA) is 77.0 Å². The largest absolute Gasteiger partial charge is 0.494 e. The number of amides is 1. The van der Waals surface area contributed by atoms with E-state index in [1.54, 1.807) is 42.5 Å². The zero-order valence-electron chi connectivity index (χ0n) is 18.9. The minimum absolute atomic E-state index is 0.317. The summed E-state index contributed by atoms with van der Waals surface area (Å²) in [6.07, 6.45) is 1.50. The maximum absolute atomic E-state index is 12.8. The van der Waals surface area contributed by atoms with E-state index < -0.39 is 5.97 Å². The van der Waals surface area contributed by atoms with Gasteiger partial charge in [0, 0.05) is 11.1 Å². The maximum Gasteiger partial charge on any atom is 0.343 e. The first-order valence-electron chi connectivity index (χ1n) is 10.9. The van der Waals surface area contributed by atoms with Gasteiger partial charge in [0.1, 0.15) is 11.5 Å². The minimum Gasteiger partial charge on any atom is -0.494 e. The van der Waals surface area contributed by atoms with Crippen LogP contribution in [0.15, 0.2) is 90.0 Å². The van der Waals surface area contributed by atoms with Crippen molar-refractivity contribution < 1.29 is 19.1 Å². The van der Waals surface area contributed by atoms with Gasteiger partial charge in [0.2, 0.25) is 0 Å². The fourth-order valence-electron chi connectivity index (χ4n) is 3.55. The highest BCUT2D eigenvalue weighted by Crippen LogP contribution is 2.27. The first-order chi connectivity index (χ1) is 16.6. The molecule has 0 atom stereocenters. The van der Waals surface area contributed by atoms with Gasteiger partial charge in [-0.05, 0) is 66.6 Å². The van der Waals surface area contributed by atoms with E-state index in [0.717, 1.165) is 16.3 Å². The van der Waals surface area contributed by atoms with E-state index in [9.17, 15) is 9.59 Å². The molecule has 0 aliphatic rings. The fraction of sp³-hybridized carbons (Fsp3) is 0.107. The van der Waals surface area contributed by atoms with Gasteiger partial charge in [0.05, 0.1) is 18.4 Å². The molecule has 0 radical (unpaired) electrons. The number of esters is 1. The molecule has 6 heteroatoms. The third-order valence-corrected chi connectivity index (χ3v) is 5.28. The molecule has 6 nitrogen and oxygen atoms in total. The summed E-state index contributed by atoms with van der Waals surface area (Å²) in [5, 5.41) is 5.94. The Hall–Kier alpha value is -4.45. The number of carbonyl (C=O) groups excluding carboxylic acids is 2. The van der Waals surface area contributed by atoms with Crippen molar-refractivity contribution in [1.82, 2.24) is 5.43 Å². The van der Waals surface area contributed by atoms with Crippen molar-refractivity contribution in [3.8, 4) is 11.5 Å². The molecule has 0 saturated heterocycles. The lowest BCUT2D eigenvalue weighted by Crippen LogP contribution is -2.18. The molecular formula is C28H24N2O4. The SMILES string of the molecule is CCOc1ccc(C(=O)Oc2ccc3ccccc3c2/C=N\NC(=O)c2ccccc2C)cc1. The maximum atomic E-state index is 12.8. The summed E-state index contributed by atoms with van der Waals surface area (Å²) < 4.78 is 11.1. The van der Waals surface area contributed by atoms with Crippen LogP contribution in [0.5, 0.6) is 11.5 Å². The van der Waals surface area contributed by atoms with E-state index in [0.29, 0.717) is 34.8 Å². The van der Waals surface area contributed by atoms with E-state index in [-0.39, 0.29) is 5.91 Å². The Morgan fingerprint density at radius 1 is 0.912 bits per heavy atom. The number of hydrazone groups is 1. The molecule has 1 N–H and O–H groups in total. The second-order valence-corrected chi connectivity index (χ2v) is 7.56. The molecule has 1 amide bonds. The molecule has 0 fully saturated rings. The Balaban J connectivity index is 1.60. The van der Waals surface area contributed by atoms with Crippen LogP contribution in [-0.2, 0) is 0 Å². The average Bonchev–Trinajstić information content (AvgIpc) is 2.86. The summed E-state index contributed by atoms with van der Waals surface area (Å²) >= 11 is 0. The third kappa shape index (κ3) is 5.13. The Kier molecular flexibility index (Phi) is 6.98. The zero-order chi connectivity index (χ0) is 23.9. The Morgan fingerprint density at radius 2 is 1.65 bits per heavy atom. The molecule has 0 spiro atoms. The predicted molar refractivity (Wildman–Crippen MR) is 133 cm³/mol. The standard InChI is InChI=1S/C28H24N2O4/c1-3-33-22-15-12-21(13-16-22)28(32)34-26-17-14-20-9-5-7-11-24(20)25(26)18-29-30-27(31)23-10-6-4-8-19(23)2/h4-18H,3H2,1-2H3,(H,30,31)/b29-18-. The summed E-state index contributed by atoms with van der Waals surface area (Å²) in [4.78, 5) is 25.3. The number of hydrogen-bond donors (Lipinski definition) is 1. The van der Waals surface area contributed by atoms with Gasteiger partial charge in [-0.2, -0.15) is 5.10 Å². The second kappa shape index (κ2) is 10.4. The van der Waals surface area contributed by atoms with Crippen LogP contribution in [0.4, 0.5) is 0 Å². The number of ether oxygens (including phenoxy) is 2. The Bertz CT molecular complexity index is 1360. The van der Waals surface area contributed by atoms with Gasteiger partial charge in [0.15, 0.2) is 0 Å². The first kappa shape index (κ1) is 22.7. The zero-order valence-corrected chi connectivity index (χ0v) is 18.9. The monoisotopic (exact) mass is 452 g/mol. The van der Waals surface area contributed by atoms with E-state index in [2.05, 4.69) is 10.5 Å². The van der Waals surface area contributed by atoms with Gasteiger partial charge in [-0.15, -0.1) is 0 Å². The van der Waals surface area contributed by atoms with Crippen LogP contribution in [0.1, 0.15) is 38.8 Å². The minimum atomic E-state index is -0.503. The van der Waals surface area contributed by atoms with Crippen LogP contribution < -0.4 is 14.9 Å². The van der Waals surface area contributed by atoms with Crippen LogP contribution in [-0.4, -0.2) is 24.7 Å². The van der Waals surface area contributed by atoms with Crippen molar-refractivity contribution in [2.75, 3.05) is 6.61 Å². The highest BCUT2D eigenvalue weighted by atomic mass is 16.5. The normalized spacial score (nSPS) is 10.9. The number of nitrogens with zero attached hydrogens (tertiary/aromatic N) is 1. The lowest BCUT2D eigenvalue weighted by molar-refractivity contribution is 0.0734. The number of rotatable bonds is 7. The van der Waals surface area contributed by atoms with Crippen molar-refractivity contribution in [2.24, 2.45) is 5.10 Å². The smallest absolute Gasteiger partial charge is 0.343 e. The Morgan fingerprint density at radius 3 is 2.41 bits per heavy atom. The molecule has 170 valence electrons. The van der Waals surface area contributed by atoms with Crippen LogP contribution in [0, 0.1) is 6.92 Å². The highest BCUT2D eigenvalue weighted by Gasteiger charge is 2.14. The average molecular weight is 453 g/mol. The second-order valence-electron chi connectivity index (χ2n) is 7.56. The van der Waals surface area contributed by atoms with Gasteiger partial charge in [0.25, 0.3) is 5.91 Å². The lowest BCUT2D eigenvalue weighted by Gasteiger charge is -2.11. The summed E-state index contributed by atoms with van der Waals surface area (Å²) in [5.41, 5.74) is 4.93. The van der Waals surface area contributed by atoms with Crippen LogP contribution >= 0.6 is 0 Å². The lowest BCUT2D eigenvalue weighted by atomic mass is 10.0. The summed E-state index contributed by atoms with van der Waals surface area (Å²) in [7, 11) is 0. The molecule has 4 aromatic carbocycles. The fourth-order valence-corrected chi connectivity index (χ4v) is 3.55. The van der Waals surface area contributed by atoms with E-state index in [1.807, 2.05) is 56.3 Å². The molecule has 0 aliphatic heterocycles. The van der Waals surface area contributed by atoms with Crippen LogP contribution in [0.25, 0.3) is 10.8 Å². The number of hydrogen-bond acceptors (Lipinski definition) is 5. The molecule has 0 heterocycles. The van der Waals surface area contributed by atoms with Gasteiger partial charge >= 0.3 is 5.97 Å². The Labute approximate surface area is 197 Å². The molecule has 4 rings (SSSR count). The van der Waals surface area contributed by atoms with Crippen molar-refractivity contribution in [2.45, 2.75) is 13.8 Å². The van der Waals surface area contributed by atoms with Crippen molar-refractivity contribution in [3.63, 3.8) is 0 Å². The van der Waals surface area contributed by atoms with Gasteiger partial charge in [-0.1, -0.05) is 48.5 Å². The van der Waals surface area contributed by atoms with E-state index in [4.69, 9.17) is 9.47 Å². The molecule has 0 aliphatic carbocycles. The first-order valence-corrected chi connectivity index (χ1v) is 10.9. The molecule has 34 heavy (non-hydrogen) atoms. The van der Waals surface area contributed by atoms with Crippen LogP contribution in [0.3, 0.4) is 0 Å². The van der Waals surface area contributed by atoms with E-state index in [1.165, 1.54) is 6.21 Å². The number of carbonyl (C=O) groups is 2. The summed E-state index contributed by atoms with van der Waals surface area (Å²) in [5.74, 6) is 0.202. The number of aryl methyl sites for hydroxylation is 1. The highest BCUT2D eigenvalue weighted by molar-refractivity contribution is 6.04. The van der Waals surface area contributed by atoms with Crippen molar-refractivity contribution in [3.05, 3.63) is 107 Å². The van der Waals surface area contributed by atoms with Gasteiger partial charge in [-0.25, -0.2) is 10.2 Å². The molecule has 0 bridgehead atoms. The predicted octanol–water partition coefficient (Wildman–Crippen LogP) is 5.53. The third-order valence-electron chi connectivity index (χ3n) is 5.28. The number of fused-ring (bicyclic) bond motifs is 1. The van der Waals surface area contributed by atoms with Crippen LogP contribution in [0.2, 0.25) is 0 Å². The van der Waals surface area contributed by atoms with E-state index >= 15 is 0 Å². The summed E-state index contributed by atoms with van der Waals surface area (Å²) in [6.45, 7) is 4.31. The van der Waals surface area contributed by atoms with Gasteiger partial charge < -0.3 is 9.47 Å². The summed E-state index contributed by atoms with van der Waals surface area (Å²) in [6, 6.07) is 25.3. The molecule has 0 aromatic heterocycles. The molecule has 0 unspecified atom stereocenters. The number of benzene rings is 4. The van der Waals surface area contributed by atoms with Crippen molar-refractivity contribution >= 4 is 28.9 Å². The quantitative estimate of drug-likeness (QED) is 0.173. The molecule has 0 saturated carbocycles. The molecular weight excluding hydrogens is 428 g/mol. The van der Waals surface area contributed by atoms with Crippen molar-refractivity contribution in [1.29, 1.82) is 0 Å². The number of nitrogens with one attached hydrogen (secondary N) is 1.